The minimum atomic E-state index is -2.01. The first kappa shape index (κ1) is 9.90. The molecule has 0 aliphatic carbocycles. The molecule has 0 saturated carbocycles. The molecule has 2 aromatic heterocycles. The van der Waals surface area contributed by atoms with Gasteiger partial charge >= 0.3 is 88.4 Å². The van der Waals surface area contributed by atoms with Crippen molar-refractivity contribution in [2.45, 2.75) is 14.8 Å². The van der Waals surface area contributed by atoms with Crippen LogP contribution in [0.3, 0.4) is 0 Å². The normalized spacial score (nSPS) is 11.9. The molecule has 0 bridgehead atoms. The predicted octanol–water partition coefficient (Wildman–Crippen LogP) is 2.17. The van der Waals surface area contributed by atoms with E-state index in [1.54, 1.807) is 0 Å². The van der Waals surface area contributed by atoms with Gasteiger partial charge in [0.2, 0.25) is 0 Å². The molecule has 0 aliphatic heterocycles. The number of aromatic nitrogens is 2. The van der Waals surface area contributed by atoms with E-state index in [4.69, 9.17) is 0 Å². The van der Waals surface area contributed by atoms with Gasteiger partial charge in [-0.15, -0.1) is 0 Å². The summed E-state index contributed by atoms with van der Waals surface area (Å²) in [6, 6.07) is 6.16. The van der Waals surface area contributed by atoms with Gasteiger partial charge in [0.05, 0.1) is 0 Å². The molecule has 0 N–H and O–H groups in total. The van der Waals surface area contributed by atoms with Crippen molar-refractivity contribution in [3.63, 3.8) is 0 Å². The van der Waals surface area contributed by atoms with Crippen LogP contribution in [0.5, 0.6) is 0 Å². The summed E-state index contributed by atoms with van der Waals surface area (Å²) in [4.78, 5) is 16.0. The van der Waals surface area contributed by atoms with E-state index in [2.05, 4.69) is 36.9 Å². The summed E-state index contributed by atoms with van der Waals surface area (Å²) < 4.78 is 1.30. The fraction of sp³-hybridized carbons (Fsp3) is 0.273. The van der Waals surface area contributed by atoms with Crippen LogP contribution in [0.4, 0.5) is 0 Å². The Morgan fingerprint density at radius 3 is 2.64 bits per heavy atom. The van der Waals surface area contributed by atoms with Crippen LogP contribution in [0.15, 0.2) is 30.6 Å². The van der Waals surface area contributed by atoms with E-state index in [0.29, 0.717) is 0 Å². The summed E-state index contributed by atoms with van der Waals surface area (Å²) in [7, 11) is 0. The van der Waals surface area contributed by atoms with Crippen LogP contribution in [0.2, 0.25) is 14.8 Å². The second-order valence-electron chi connectivity index (χ2n) is 4.52. The zero-order valence-corrected chi connectivity index (χ0v) is 11.6. The molecule has 2 aromatic rings. The average molecular weight is 293 g/mol. The predicted molar refractivity (Wildman–Crippen MR) is 62.5 cm³/mol. The van der Waals surface area contributed by atoms with Crippen LogP contribution in [0, 0.1) is 0 Å². The monoisotopic (exact) mass is 294 g/mol. The molecule has 72 valence electrons. The summed E-state index contributed by atoms with van der Waals surface area (Å²) in [5.41, 5.74) is 1.07. The third kappa shape index (κ3) is 1.90. The van der Waals surface area contributed by atoms with Crippen LogP contribution in [0.25, 0.3) is 10.9 Å². The van der Waals surface area contributed by atoms with Gasteiger partial charge in [-0.1, -0.05) is 0 Å². The first-order valence-electron chi connectivity index (χ1n) is 4.78. The third-order valence-electron chi connectivity index (χ3n) is 2.26. The molecule has 0 unspecified atom stereocenters. The van der Waals surface area contributed by atoms with Gasteiger partial charge in [0.15, 0.2) is 0 Å². The molecule has 0 saturated heterocycles. The van der Waals surface area contributed by atoms with Gasteiger partial charge in [0, 0.05) is 0 Å². The van der Waals surface area contributed by atoms with E-state index >= 15 is 0 Å². The fourth-order valence-electron chi connectivity index (χ4n) is 1.38. The standard InChI is InChI=1S/C8H5N2.3CH3.Sn/c1-2-7-6-9-5-3-8(7)10-4-1;;;;/h1-4,6H;3*1H3;. The van der Waals surface area contributed by atoms with Gasteiger partial charge in [-0.05, 0) is 0 Å². The van der Waals surface area contributed by atoms with Gasteiger partial charge in [-0.25, -0.2) is 0 Å². The van der Waals surface area contributed by atoms with Crippen LogP contribution in [0.1, 0.15) is 0 Å². The van der Waals surface area contributed by atoms with Crippen molar-refractivity contribution in [2.24, 2.45) is 0 Å². The number of hydrogen-bond donors (Lipinski definition) is 0. The Morgan fingerprint density at radius 2 is 1.93 bits per heavy atom. The fourth-order valence-corrected chi connectivity index (χ4v) is 4.29. The zero-order chi connectivity index (χ0) is 10.2. The first-order valence-corrected chi connectivity index (χ1v) is 14.8. The maximum absolute atomic E-state index is 4.53. The Balaban J connectivity index is 2.63. The number of hydrogen-bond acceptors (Lipinski definition) is 2. The summed E-state index contributed by atoms with van der Waals surface area (Å²) in [6.07, 6.45) is 3.78. The van der Waals surface area contributed by atoms with Crippen LogP contribution in [-0.2, 0) is 0 Å². The quantitative estimate of drug-likeness (QED) is 0.753. The van der Waals surface area contributed by atoms with E-state index in [-0.39, 0.29) is 0 Å². The Labute approximate surface area is 88.3 Å². The minimum absolute atomic E-state index is 1.07. The molecular weight excluding hydrogens is 279 g/mol. The molecule has 0 aliphatic rings. The van der Waals surface area contributed by atoms with E-state index in [1.165, 1.54) is 3.71 Å². The molecule has 14 heavy (non-hydrogen) atoms. The Morgan fingerprint density at radius 1 is 1.14 bits per heavy atom. The number of rotatable bonds is 1. The van der Waals surface area contributed by atoms with E-state index in [0.717, 1.165) is 10.9 Å². The Kier molecular flexibility index (Phi) is 2.47. The maximum atomic E-state index is 4.53. The van der Waals surface area contributed by atoms with Gasteiger partial charge in [-0.2, -0.15) is 0 Å². The van der Waals surface area contributed by atoms with E-state index < -0.39 is 18.4 Å². The van der Waals surface area contributed by atoms with Gasteiger partial charge in [0.25, 0.3) is 0 Å². The second kappa shape index (κ2) is 3.50. The second-order valence-corrected chi connectivity index (χ2v) is 18.8. The van der Waals surface area contributed by atoms with Crippen molar-refractivity contribution < 1.29 is 0 Å². The molecule has 3 heteroatoms. The van der Waals surface area contributed by atoms with Crippen LogP contribution >= 0.6 is 0 Å². The van der Waals surface area contributed by atoms with Crippen molar-refractivity contribution >= 4 is 33.0 Å². The molecule has 0 radical (unpaired) electrons. The number of nitrogens with zero attached hydrogens (tertiary/aromatic N) is 2. The Hall–Kier alpha value is -0.641. The van der Waals surface area contributed by atoms with Crippen molar-refractivity contribution in [3.05, 3.63) is 30.6 Å². The van der Waals surface area contributed by atoms with Gasteiger partial charge in [0.1, 0.15) is 0 Å². The molecular formula is C11H14N2Sn. The number of pyridine rings is 2. The van der Waals surface area contributed by atoms with Crippen molar-refractivity contribution in [3.8, 4) is 0 Å². The van der Waals surface area contributed by atoms with Gasteiger partial charge in [-0.3, -0.25) is 0 Å². The molecule has 0 spiro atoms. The van der Waals surface area contributed by atoms with E-state index in [9.17, 15) is 0 Å². The Bertz CT molecular complexity index is 460. The molecule has 2 nitrogen and oxygen atoms in total. The number of fused-ring (bicyclic) bond motifs is 1. The summed E-state index contributed by atoms with van der Waals surface area (Å²) in [5, 5.41) is 1.13. The average Bonchev–Trinajstić information content (AvgIpc) is 2.16. The molecule has 0 fully saturated rings. The molecule has 0 aromatic carbocycles. The van der Waals surface area contributed by atoms with Crippen LogP contribution in [-0.4, -0.2) is 28.3 Å². The molecule has 0 amide bonds. The summed E-state index contributed by atoms with van der Waals surface area (Å²) in [6.45, 7) is 0. The SMILES string of the molecule is [CH3][Sn]([CH3])([CH3])[c]1cc2ncccc2cn1. The zero-order valence-electron chi connectivity index (χ0n) is 8.78. The topological polar surface area (TPSA) is 25.8 Å². The van der Waals surface area contributed by atoms with Crippen molar-refractivity contribution in [2.75, 3.05) is 0 Å². The first-order chi connectivity index (χ1) is 6.57. The van der Waals surface area contributed by atoms with Crippen LogP contribution < -0.4 is 3.71 Å². The molecule has 0 atom stereocenters. The van der Waals surface area contributed by atoms with E-state index in [1.807, 2.05) is 18.5 Å². The summed E-state index contributed by atoms with van der Waals surface area (Å²) in [5.74, 6) is 0. The molecule has 2 rings (SSSR count). The molecule has 2 heterocycles. The van der Waals surface area contributed by atoms with Gasteiger partial charge < -0.3 is 0 Å². The van der Waals surface area contributed by atoms with Crippen molar-refractivity contribution in [1.82, 2.24) is 9.97 Å². The summed E-state index contributed by atoms with van der Waals surface area (Å²) >= 11 is -2.01. The van der Waals surface area contributed by atoms with Crippen molar-refractivity contribution in [1.29, 1.82) is 0 Å². The third-order valence-corrected chi connectivity index (χ3v) is 7.42.